The average molecular weight is 705 g/mol. The second-order valence-electron chi connectivity index (χ2n) is 15.4. The van der Waals surface area contributed by atoms with Gasteiger partial charge in [0.05, 0.1) is 39.9 Å². The molecule has 0 saturated carbocycles. The highest BCUT2D eigenvalue weighted by molar-refractivity contribution is 7.45. The molecule has 0 aromatic heterocycles. The summed E-state index contributed by atoms with van der Waals surface area (Å²) >= 11 is 0. The Balaban J connectivity index is 4.04. The Bertz CT molecular complexity index is 763. The second kappa shape index (κ2) is 32.4. The van der Waals surface area contributed by atoms with Gasteiger partial charge in [-0.25, -0.2) is 0 Å². The molecule has 0 fully saturated rings. The number of phosphoric ester groups is 1. The molecule has 0 aliphatic carbocycles. The van der Waals surface area contributed by atoms with Crippen molar-refractivity contribution >= 4 is 13.7 Å². The van der Waals surface area contributed by atoms with Crippen LogP contribution in [0.25, 0.3) is 0 Å². The highest BCUT2D eigenvalue weighted by atomic mass is 31.2. The van der Waals surface area contributed by atoms with Crippen LogP contribution in [0.1, 0.15) is 194 Å². The SMILES string of the molecule is CCCCCCCCCCCCCCCCCCCCCCCC(=O)NC(COP(=O)([O-])OCC[N+](C)(C)C)C(O)CCCCCCC. The average Bonchev–Trinajstić information content (AvgIpc) is 3.02. The van der Waals surface area contributed by atoms with Crippen LogP contribution in [0.15, 0.2) is 0 Å². The summed E-state index contributed by atoms with van der Waals surface area (Å²) in [6.07, 6.45) is 32.9. The van der Waals surface area contributed by atoms with Crippen LogP contribution in [0.2, 0.25) is 0 Å². The molecule has 48 heavy (non-hydrogen) atoms. The maximum Gasteiger partial charge on any atom is 0.268 e. The summed E-state index contributed by atoms with van der Waals surface area (Å²) in [6, 6.07) is -0.789. The minimum atomic E-state index is -4.54. The number of hydrogen-bond acceptors (Lipinski definition) is 6. The lowest BCUT2D eigenvalue weighted by Crippen LogP contribution is -2.46. The van der Waals surface area contributed by atoms with E-state index in [1.54, 1.807) is 0 Å². The molecule has 9 heteroatoms. The normalized spacial score (nSPS) is 14.6. The Labute approximate surface area is 298 Å². The van der Waals surface area contributed by atoms with E-state index in [0.717, 1.165) is 51.4 Å². The van der Waals surface area contributed by atoms with Crippen LogP contribution in [0.4, 0.5) is 0 Å². The topological polar surface area (TPSA) is 108 Å². The number of quaternary nitrogens is 1. The molecule has 0 aliphatic heterocycles. The van der Waals surface area contributed by atoms with Crippen LogP contribution in [0, 0.1) is 0 Å². The molecule has 0 rings (SSSR count). The van der Waals surface area contributed by atoms with E-state index in [4.69, 9.17) is 9.05 Å². The minimum Gasteiger partial charge on any atom is -0.756 e. The van der Waals surface area contributed by atoms with Crippen LogP contribution in [0.5, 0.6) is 0 Å². The quantitative estimate of drug-likeness (QED) is 0.0379. The molecular formula is C39H81N2O6P. The van der Waals surface area contributed by atoms with Crippen molar-refractivity contribution in [3.8, 4) is 0 Å². The van der Waals surface area contributed by atoms with E-state index in [1.807, 2.05) is 21.1 Å². The fourth-order valence-corrected chi connectivity index (χ4v) is 6.76. The number of hydrogen-bond donors (Lipinski definition) is 2. The number of carbonyl (C=O) groups is 1. The zero-order valence-corrected chi connectivity index (χ0v) is 33.4. The standard InChI is InChI=1S/C39H81N2O6P/c1-6-8-10-12-13-14-15-16-17-18-19-20-21-22-23-24-25-26-27-29-31-33-39(43)40-37(38(42)32-30-28-11-9-7-2)36-47-48(44,45)46-35-34-41(3,4)5/h37-38,42H,6-36H2,1-5H3,(H-,40,43,44,45). The molecule has 0 aromatic carbocycles. The van der Waals surface area contributed by atoms with E-state index < -0.39 is 20.0 Å². The van der Waals surface area contributed by atoms with Gasteiger partial charge < -0.3 is 28.8 Å². The number of aliphatic hydroxyl groups excluding tert-OH is 1. The lowest BCUT2D eigenvalue weighted by molar-refractivity contribution is -0.870. The van der Waals surface area contributed by atoms with Crippen LogP contribution in [0.3, 0.4) is 0 Å². The van der Waals surface area contributed by atoms with Gasteiger partial charge in [-0.15, -0.1) is 0 Å². The number of nitrogens with zero attached hydrogens (tertiary/aromatic N) is 1. The van der Waals surface area contributed by atoms with Crippen LogP contribution >= 0.6 is 7.82 Å². The molecule has 0 saturated heterocycles. The van der Waals surface area contributed by atoms with Crippen molar-refractivity contribution in [2.75, 3.05) is 40.9 Å². The first-order valence-corrected chi connectivity index (χ1v) is 21.8. The van der Waals surface area contributed by atoms with Crippen molar-refractivity contribution in [2.45, 2.75) is 206 Å². The first-order valence-electron chi connectivity index (χ1n) is 20.4. The number of aliphatic hydroxyl groups is 1. The summed E-state index contributed by atoms with van der Waals surface area (Å²) < 4.78 is 23.0. The molecule has 8 nitrogen and oxygen atoms in total. The van der Waals surface area contributed by atoms with Gasteiger partial charge >= 0.3 is 0 Å². The molecule has 0 aliphatic rings. The summed E-state index contributed by atoms with van der Waals surface area (Å²) in [6.45, 7) is 4.64. The fraction of sp³-hybridized carbons (Fsp3) is 0.974. The van der Waals surface area contributed by atoms with Crippen molar-refractivity contribution in [1.82, 2.24) is 5.32 Å². The molecule has 288 valence electrons. The van der Waals surface area contributed by atoms with Gasteiger partial charge in [-0.1, -0.05) is 174 Å². The highest BCUT2D eigenvalue weighted by Gasteiger charge is 2.24. The van der Waals surface area contributed by atoms with Gasteiger partial charge in [0.2, 0.25) is 5.91 Å². The maximum absolute atomic E-state index is 12.7. The van der Waals surface area contributed by atoms with Crippen LogP contribution in [-0.2, 0) is 18.4 Å². The Kier molecular flexibility index (Phi) is 32.1. The first-order chi connectivity index (χ1) is 23.0. The van der Waals surface area contributed by atoms with Crippen molar-refractivity contribution in [3.05, 3.63) is 0 Å². The zero-order chi connectivity index (χ0) is 35.8. The summed E-state index contributed by atoms with van der Waals surface area (Å²) in [5.74, 6) is -0.168. The molecule has 0 aromatic rings. The predicted molar refractivity (Wildman–Crippen MR) is 201 cm³/mol. The van der Waals surface area contributed by atoms with E-state index >= 15 is 0 Å². The van der Waals surface area contributed by atoms with Crippen molar-refractivity contribution < 1.29 is 32.9 Å². The van der Waals surface area contributed by atoms with Gasteiger partial charge in [0, 0.05) is 6.42 Å². The number of likely N-dealkylation sites (N-methyl/N-ethyl adjacent to an activating group) is 1. The number of rotatable bonds is 37. The third-order valence-corrected chi connectivity index (χ3v) is 10.3. The number of carbonyl (C=O) groups excluding carboxylic acids is 1. The highest BCUT2D eigenvalue weighted by Crippen LogP contribution is 2.38. The molecular weight excluding hydrogens is 623 g/mol. The van der Waals surface area contributed by atoms with Gasteiger partial charge in [-0.2, -0.15) is 0 Å². The maximum atomic E-state index is 12.7. The van der Waals surface area contributed by atoms with E-state index in [1.165, 1.54) is 116 Å². The Hall–Kier alpha value is -0.500. The van der Waals surface area contributed by atoms with Gasteiger partial charge in [-0.3, -0.25) is 9.36 Å². The van der Waals surface area contributed by atoms with E-state index in [9.17, 15) is 19.4 Å². The molecule has 0 bridgehead atoms. The molecule has 0 radical (unpaired) electrons. The Morgan fingerprint density at radius 1 is 0.646 bits per heavy atom. The fourth-order valence-electron chi connectivity index (χ4n) is 6.04. The van der Waals surface area contributed by atoms with E-state index in [2.05, 4.69) is 19.2 Å². The largest absolute Gasteiger partial charge is 0.756 e. The van der Waals surface area contributed by atoms with Crippen molar-refractivity contribution in [1.29, 1.82) is 0 Å². The van der Waals surface area contributed by atoms with Gasteiger partial charge in [0.15, 0.2) is 0 Å². The van der Waals surface area contributed by atoms with E-state index in [0.29, 0.717) is 23.9 Å². The number of unbranched alkanes of at least 4 members (excludes halogenated alkanes) is 24. The minimum absolute atomic E-state index is 0.0146. The van der Waals surface area contributed by atoms with Gasteiger partial charge in [-0.05, 0) is 12.8 Å². The predicted octanol–water partition coefficient (Wildman–Crippen LogP) is 10.0. The Morgan fingerprint density at radius 3 is 1.42 bits per heavy atom. The third kappa shape index (κ3) is 34.0. The summed E-state index contributed by atoms with van der Waals surface area (Å²) in [4.78, 5) is 25.0. The number of amides is 1. The Morgan fingerprint density at radius 2 is 1.02 bits per heavy atom. The lowest BCUT2D eigenvalue weighted by atomic mass is 10.0. The summed E-state index contributed by atoms with van der Waals surface area (Å²) in [7, 11) is 1.31. The van der Waals surface area contributed by atoms with Gasteiger partial charge in [0.1, 0.15) is 13.2 Å². The lowest BCUT2D eigenvalue weighted by Gasteiger charge is -2.30. The molecule has 0 heterocycles. The van der Waals surface area contributed by atoms with Crippen molar-refractivity contribution in [3.63, 3.8) is 0 Å². The summed E-state index contributed by atoms with van der Waals surface area (Å²) in [5, 5.41) is 13.7. The molecule has 3 unspecified atom stereocenters. The first kappa shape index (κ1) is 47.5. The number of nitrogens with one attached hydrogen (secondary N) is 1. The molecule has 2 N–H and O–H groups in total. The zero-order valence-electron chi connectivity index (χ0n) is 32.5. The number of phosphoric acid groups is 1. The van der Waals surface area contributed by atoms with Gasteiger partial charge in [0.25, 0.3) is 7.82 Å². The summed E-state index contributed by atoms with van der Waals surface area (Å²) in [5.41, 5.74) is 0. The molecule has 0 spiro atoms. The molecule has 1 amide bonds. The second-order valence-corrected chi connectivity index (χ2v) is 16.8. The van der Waals surface area contributed by atoms with Crippen molar-refractivity contribution in [2.24, 2.45) is 0 Å². The van der Waals surface area contributed by atoms with E-state index in [-0.39, 0.29) is 19.1 Å². The smallest absolute Gasteiger partial charge is 0.268 e. The third-order valence-electron chi connectivity index (χ3n) is 9.35. The molecule has 3 atom stereocenters. The van der Waals surface area contributed by atoms with Crippen LogP contribution < -0.4 is 10.2 Å². The monoisotopic (exact) mass is 705 g/mol. The van der Waals surface area contributed by atoms with Crippen LogP contribution in [-0.4, -0.2) is 68.5 Å².